The van der Waals surface area contributed by atoms with Crippen molar-refractivity contribution in [1.82, 2.24) is 9.55 Å². The van der Waals surface area contributed by atoms with Gasteiger partial charge < -0.3 is 9.67 Å². The summed E-state index contributed by atoms with van der Waals surface area (Å²) in [4.78, 5) is 15.1. The van der Waals surface area contributed by atoms with Crippen molar-refractivity contribution in [1.29, 1.82) is 0 Å². The molecule has 0 saturated heterocycles. The minimum atomic E-state index is -0.796. The average molecular weight is 284 g/mol. The van der Waals surface area contributed by atoms with Gasteiger partial charge in [0.15, 0.2) is 5.16 Å². The molecule has 5 heteroatoms. The number of aliphatic carboxylic acids is 1. The van der Waals surface area contributed by atoms with Gasteiger partial charge in [-0.25, -0.2) is 4.98 Å². The normalized spacial score (nSPS) is 12.6. The third-order valence-electron chi connectivity index (χ3n) is 3.18. The van der Waals surface area contributed by atoms with Crippen LogP contribution >= 0.6 is 11.8 Å². The molecule has 1 N–H and O–H groups in total. The molecule has 0 radical (unpaired) electrons. The van der Waals surface area contributed by atoms with E-state index in [0.29, 0.717) is 5.92 Å². The van der Waals surface area contributed by atoms with Gasteiger partial charge in [-0.05, 0) is 19.3 Å². The minimum absolute atomic E-state index is 0.0716. The molecule has 1 aromatic rings. The number of aryl methyl sites for hydroxylation is 1. The third kappa shape index (κ3) is 5.68. The topological polar surface area (TPSA) is 55.1 Å². The number of rotatable bonds is 9. The lowest BCUT2D eigenvalue weighted by Gasteiger charge is -2.16. The number of aromatic nitrogens is 2. The summed E-state index contributed by atoms with van der Waals surface area (Å²) >= 11 is 1.30. The Morgan fingerprint density at radius 3 is 2.84 bits per heavy atom. The fourth-order valence-corrected chi connectivity index (χ4v) is 2.85. The number of hydrogen-bond acceptors (Lipinski definition) is 3. The van der Waals surface area contributed by atoms with Crippen LogP contribution in [0.3, 0.4) is 0 Å². The standard InChI is InChI=1S/C14H24N2O2S/c1-4-6-7-12(5-2)9-16-8-11(3)15-14(16)19-10-13(17)18/h8,12H,4-7,9-10H2,1-3H3,(H,17,18). The third-order valence-corrected chi connectivity index (χ3v) is 4.16. The summed E-state index contributed by atoms with van der Waals surface area (Å²) in [6.45, 7) is 7.32. The van der Waals surface area contributed by atoms with Crippen molar-refractivity contribution in [2.75, 3.05) is 5.75 Å². The first-order chi connectivity index (χ1) is 9.06. The summed E-state index contributed by atoms with van der Waals surface area (Å²) in [5, 5.41) is 9.59. The summed E-state index contributed by atoms with van der Waals surface area (Å²) in [7, 11) is 0. The first-order valence-corrected chi connectivity index (χ1v) is 7.93. The van der Waals surface area contributed by atoms with E-state index >= 15 is 0 Å². The first-order valence-electron chi connectivity index (χ1n) is 6.95. The Bertz CT molecular complexity index is 404. The Morgan fingerprint density at radius 2 is 2.26 bits per heavy atom. The highest BCUT2D eigenvalue weighted by molar-refractivity contribution is 7.99. The lowest BCUT2D eigenvalue weighted by molar-refractivity contribution is -0.133. The predicted octanol–water partition coefficient (Wildman–Crippen LogP) is 3.58. The van der Waals surface area contributed by atoms with Crippen LogP contribution in [0.4, 0.5) is 0 Å². The van der Waals surface area contributed by atoms with E-state index in [9.17, 15) is 4.79 Å². The maximum atomic E-state index is 10.7. The van der Waals surface area contributed by atoms with Gasteiger partial charge in [0.05, 0.1) is 11.4 Å². The Labute approximate surface area is 119 Å². The lowest BCUT2D eigenvalue weighted by atomic mass is 9.99. The average Bonchev–Trinajstić information content (AvgIpc) is 2.72. The van der Waals surface area contributed by atoms with Crippen LogP contribution in [0.2, 0.25) is 0 Å². The monoisotopic (exact) mass is 284 g/mol. The number of nitrogens with zero attached hydrogens (tertiary/aromatic N) is 2. The molecule has 19 heavy (non-hydrogen) atoms. The second-order valence-corrected chi connectivity index (χ2v) is 5.86. The quantitative estimate of drug-likeness (QED) is 0.704. The second kappa shape index (κ2) is 8.25. The summed E-state index contributed by atoms with van der Waals surface area (Å²) in [5.41, 5.74) is 0.957. The Morgan fingerprint density at radius 1 is 1.53 bits per heavy atom. The molecule has 1 atom stereocenters. The van der Waals surface area contributed by atoms with E-state index in [1.165, 1.54) is 31.0 Å². The zero-order valence-corrected chi connectivity index (χ0v) is 12.9. The molecule has 0 amide bonds. The number of carboxylic acid groups (broad SMARTS) is 1. The molecule has 0 aliphatic rings. The van der Waals surface area contributed by atoms with Crippen molar-refractivity contribution in [3.05, 3.63) is 11.9 Å². The van der Waals surface area contributed by atoms with Gasteiger partial charge in [-0.3, -0.25) is 4.79 Å². The van der Waals surface area contributed by atoms with Gasteiger partial charge in [0.1, 0.15) is 0 Å². The zero-order chi connectivity index (χ0) is 14.3. The van der Waals surface area contributed by atoms with E-state index < -0.39 is 5.97 Å². The highest BCUT2D eigenvalue weighted by atomic mass is 32.2. The molecule has 1 heterocycles. The number of carbonyl (C=O) groups is 1. The second-order valence-electron chi connectivity index (χ2n) is 4.92. The van der Waals surface area contributed by atoms with Crippen molar-refractivity contribution in [3.63, 3.8) is 0 Å². The molecule has 1 unspecified atom stereocenters. The van der Waals surface area contributed by atoms with E-state index in [-0.39, 0.29) is 5.75 Å². The van der Waals surface area contributed by atoms with Gasteiger partial charge in [0.25, 0.3) is 0 Å². The van der Waals surface area contributed by atoms with Crippen LogP contribution in [0.15, 0.2) is 11.4 Å². The summed E-state index contributed by atoms with van der Waals surface area (Å²) < 4.78 is 2.12. The summed E-state index contributed by atoms with van der Waals surface area (Å²) in [6, 6.07) is 0. The summed E-state index contributed by atoms with van der Waals surface area (Å²) in [6.07, 6.45) is 6.89. The van der Waals surface area contributed by atoms with Crippen LogP contribution in [-0.2, 0) is 11.3 Å². The van der Waals surface area contributed by atoms with Crippen LogP contribution in [0.25, 0.3) is 0 Å². The molecule has 4 nitrogen and oxygen atoms in total. The molecule has 1 rings (SSSR count). The predicted molar refractivity (Wildman–Crippen MR) is 78.6 cm³/mol. The van der Waals surface area contributed by atoms with Gasteiger partial charge in [0, 0.05) is 12.7 Å². The number of hydrogen-bond donors (Lipinski definition) is 1. The van der Waals surface area contributed by atoms with Crippen LogP contribution in [0.5, 0.6) is 0 Å². The van der Waals surface area contributed by atoms with Gasteiger partial charge in [0.2, 0.25) is 0 Å². The van der Waals surface area contributed by atoms with Crippen molar-refractivity contribution < 1.29 is 9.90 Å². The van der Waals surface area contributed by atoms with Gasteiger partial charge in [-0.15, -0.1) is 0 Å². The Hall–Kier alpha value is -0.970. The molecular weight excluding hydrogens is 260 g/mol. The Balaban J connectivity index is 2.67. The molecule has 0 aliphatic heterocycles. The summed E-state index contributed by atoms with van der Waals surface area (Å²) in [5.74, 6) is -0.0738. The largest absolute Gasteiger partial charge is 0.481 e. The molecule has 0 fully saturated rings. The maximum Gasteiger partial charge on any atom is 0.313 e. The molecule has 0 saturated carbocycles. The molecule has 0 aliphatic carbocycles. The fraction of sp³-hybridized carbons (Fsp3) is 0.714. The molecule has 108 valence electrons. The van der Waals surface area contributed by atoms with Gasteiger partial charge in [-0.1, -0.05) is 44.9 Å². The maximum absolute atomic E-state index is 10.7. The molecule has 1 aromatic heterocycles. The molecular formula is C14H24N2O2S. The number of unbranched alkanes of at least 4 members (excludes halogenated alkanes) is 1. The van der Waals surface area contributed by atoms with E-state index in [1.807, 2.05) is 13.1 Å². The highest BCUT2D eigenvalue weighted by Gasteiger charge is 2.13. The van der Waals surface area contributed by atoms with E-state index in [4.69, 9.17) is 5.11 Å². The first kappa shape index (κ1) is 16.1. The minimum Gasteiger partial charge on any atom is -0.481 e. The SMILES string of the molecule is CCCCC(CC)Cn1cc(C)nc1SCC(=O)O. The van der Waals surface area contributed by atoms with Crippen molar-refractivity contribution in [2.45, 2.75) is 58.2 Å². The number of carboxylic acids is 1. The zero-order valence-electron chi connectivity index (χ0n) is 12.1. The fourth-order valence-electron chi connectivity index (χ4n) is 2.09. The smallest absolute Gasteiger partial charge is 0.313 e. The van der Waals surface area contributed by atoms with E-state index in [2.05, 4.69) is 23.4 Å². The van der Waals surface area contributed by atoms with Crippen LogP contribution < -0.4 is 0 Å². The highest BCUT2D eigenvalue weighted by Crippen LogP contribution is 2.22. The van der Waals surface area contributed by atoms with Crippen molar-refractivity contribution in [3.8, 4) is 0 Å². The molecule has 0 spiro atoms. The molecule has 0 aromatic carbocycles. The van der Waals surface area contributed by atoms with Crippen LogP contribution in [0.1, 0.15) is 45.2 Å². The van der Waals surface area contributed by atoms with E-state index in [0.717, 1.165) is 23.8 Å². The van der Waals surface area contributed by atoms with Gasteiger partial charge >= 0.3 is 5.97 Å². The van der Waals surface area contributed by atoms with Crippen LogP contribution in [-0.4, -0.2) is 26.4 Å². The van der Waals surface area contributed by atoms with Crippen molar-refractivity contribution in [2.24, 2.45) is 5.92 Å². The lowest BCUT2D eigenvalue weighted by Crippen LogP contribution is -2.11. The number of imidazole rings is 1. The van der Waals surface area contributed by atoms with Crippen molar-refractivity contribution >= 4 is 17.7 Å². The van der Waals surface area contributed by atoms with Gasteiger partial charge in [-0.2, -0.15) is 0 Å². The Kier molecular flexibility index (Phi) is 6.99. The van der Waals surface area contributed by atoms with Crippen LogP contribution in [0, 0.1) is 12.8 Å². The molecule has 0 bridgehead atoms. The number of thioether (sulfide) groups is 1. The van der Waals surface area contributed by atoms with E-state index in [1.54, 1.807) is 0 Å².